The number of anilines is 1. The first-order valence-electron chi connectivity index (χ1n) is 5.80. The number of nitrogens with zero attached hydrogens (tertiary/aromatic N) is 1. The number of nitrogens with one attached hydrogen (secondary N) is 1. The van der Waals surface area contributed by atoms with E-state index >= 15 is 0 Å². The summed E-state index contributed by atoms with van der Waals surface area (Å²) >= 11 is 0. The Hall–Kier alpha value is -2.31. The van der Waals surface area contributed by atoms with Crippen LogP contribution in [0.3, 0.4) is 0 Å². The summed E-state index contributed by atoms with van der Waals surface area (Å²) in [6.45, 7) is 2.48. The van der Waals surface area contributed by atoms with Crippen LogP contribution in [-0.2, 0) is 9.53 Å². The molecular formula is C12H16N2O5. The van der Waals surface area contributed by atoms with Gasteiger partial charge in [0, 0.05) is 24.4 Å². The molecule has 0 bridgehead atoms. The van der Waals surface area contributed by atoms with Gasteiger partial charge in [0.15, 0.2) is 5.75 Å². The molecule has 1 aromatic rings. The van der Waals surface area contributed by atoms with Crippen LogP contribution in [0.5, 0.6) is 5.75 Å². The molecule has 0 saturated carbocycles. The number of benzene rings is 1. The molecule has 0 unspecified atom stereocenters. The molecule has 0 spiro atoms. The molecule has 0 atom stereocenters. The maximum Gasteiger partial charge on any atom is 0.311 e. The molecule has 0 fully saturated rings. The smallest absolute Gasteiger partial charge is 0.311 e. The van der Waals surface area contributed by atoms with Crippen LogP contribution in [0.2, 0.25) is 0 Å². The molecule has 0 aliphatic heterocycles. The van der Waals surface area contributed by atoms with Crippen molar-refractivity contribution in [2.24, 2.45) is 0 Å². The molecule has 0 saturated heterocycles. The molecule has 7 heteroatoms. The van der Waals surface area contributed by atoms with Gasteiger partial charge in [-0.2, -0.15) is 0 Å². The lowest BCUT2D eigenvalue weighted by atomic mass is 10.2. The molecule has 19 heavy (non-hydrogen) atoms. The van der Waals surface area contributed by atoms with E-state index in [-0.39, 0.29) is 23.8 Å². The van der Waals surface area contributed by atoms with Crippen LogP contribution in [-0.4, -0.2) is 31.2 Å². The monoisotopic (exact) mass is 268 g/mol. The quantitative estimate of drug-likeness (QED) is 0.462. The van der Waals surface area contributed by atoms with Gasteiger partial charge in [-0.3, -0.25) is 14.9 Å². The molecule has 1 N–H and O–H groups in total. The first-order valence-corrected chi connectivity index (χ1v) is 5.80. The number of ether oxygens (including phenoxy) is 2. The van der Waals surface area contributed by atoms with Gasteiger partial charge in [-0.25, -0.2) is 0 Å². The zero-order valence-corrected chi connectivity index (χ0v) is 10.8. The maximum absolute atomic E-state index is 10.9. The van der Waals surface area contributed by atoms with E-state index in [0.717, 1.165) is 0 Å². The van der Waals surface area contributed by atoms with Crippen molar-refractivity contribution in [3.63, 3.8) is 0 Å². The van der Waals surface area contributed by atoms with Gasteiger partial charge >= 0.3 is 11.7 Å². The Morgan fingerprint density at radius 1 is 1.47 bits per heavy atom. The predicted molar refractivity (Wildman–Crippen MR) is 69.4 cm³/mol. The average molecular weight is 268 g/mol. The molecule has 0 aliphatic carbocycles. The van der Waals surface area contributed by atoms with E-state index in [9.17, 15) is 14.9 Å². The van der Waals surface area contributed by atoms with E-state index in [1.165, 1.54) is 13.2 Å². The molecule has 0 aromatic heterocycles. The fourth-order valence-corrected chi connectivity index (χ4v) is 1.46. The molecule has 7 nitrogen and oxygen atoms in total. The third-order valence-corrected chi connectivity index (χ3v) is 2.34. The van der Waals surface area contributed by atoms with Crippen LogP contribution in [0.4, 0.5) is 11.4 Å². The molecule has 1 aromatic carbocycles. The minimum absolute atomic E-state index is 0.0830. The molecule has 1 rings (SSSR count). The molecule has 104 valence electrons. The Bertz CT molecular complexity index is 461. The predicted octanol–water partition coefficient (Wildman–Crippen LogP) is 1.97. The van der Waals surface area contributed by atoms with Crippen LogP contribution in [0.15, 0.2) is 18.2 Å². The molecule has 0 heterocycles. The summed E-state index contributed by atoms with van der Waals surface area (Å²) < 4.78 is 9.72. The SMILES string of the molecule is CCOc1cc(NCCC(=O)OC)ccc1[N+](=O)[O-]. The number of carbonyl (C=O) groups is 1. The second kappa shape index (κ2) is 7.20. The van der Waals surface area contributed by atoms with E-state index in [0.29, 0.717) is 18.8 Å². The van der Waals surface area contributed by atoms with E-state index in [1.54, 1.807) is 19.1 Å². The fraction of sp³-hybridized carbons (Fsp3) is 0.417. The Balaban J connectivity index is 2.72. The minimum Gasteiger partial charge on any atom is -0.487 e. The Morgan fingerprint density at radius 3 is 2.79 bits per heavy atom. The number of hydrogen-bond acceptors (Lipinski definition) is 6. The zero-order valence-electron chi connectivity index (χ0n) is 10.8. The van der Waals surface area contributed by atoms with Crippen LogP contribution < -0.4 is 10.1 Å². The molecule has 0 aliphatic rings. The van der Waals surface area contributed by atoms with Crippen molar-refractivity contribution in [3.05, 3.63) is 28.3 Å². The lowest BCUT2D eigenvalue weighted by Crippen LogP contribution is -2.09. The highest BCUT2D eigenvalue weighted by atomic mass is 16.6. The standard InChI is InChI=1S/C12H16N2O5/c1-3-19-11-8-9(4-5-10(11)14(16)17)13-7-6-12(15)18-2/h4-5,8,13H,3,6-7H2,1-2H3. The van der Waals surface area contributed by atoms with Crippen molar-refractivity contribution in [2.45, 2.75) is 13.3 Å². The van der Waals surface area contributed by atoms with Gasteiger partial charge in [-0.15, -0.1) is 0 Å². The van der Waals surface area contributed by atoms with Gasteiger partial charge < -0.3 is 14.8 Å². The Labute approximate surface area is 110 Å². The van der Waals surface area contributed by atoms with Gasteiger partial charge in [0.2, 0.25) is 0 Å². The first kappa shape index (κ1) is 14.7. The van der Waals surface area contributed by atoms with Gasteiger partial charge in [0.25, 0.3) is 0 Å². The molecule has 0 amide bonds. The van der Waals surface area contributed by atoms with Crippen LogP contribution >= 0.6 is 0 Å². The summed E-state index contributed by atoms with van der Waals surface area (Å²) in [5, 5.41) is 13.8. The highest BCUT2D eigenvalue weighted by molar-refractivity contribution is 5.70. The lowest BCUT2D eigenvalue weighted by Gasteiger charge is -2.09. The van der Waals surface area contributed by atoms with Crippen molar-refractivity contribution < 1.29 is 19.2 Å². The van der Waals surface area contributed by atoms with E-state index < -0.39 is 4.92 Å². The normalized spacial score (nSPS) is 9.79. The second-order valence-electron chi connectivity index (χ2n) is 3.63. The number of nitro benzene ring substituents is 1. The van der Waals surface area contributed by atoms with Crippen molar-refractivity contribution in [3.8, 4) is 5.75 Å². The maximum atomic E-state index is 10.9. The van der Waals surface area contributed by atoms with Crippen molar-refractivity contribution in [1.29, 1.82) is 0 Å². The number of esters is 1. The summed E-state index contributed by atoms with van der Waals surface area (Å²) in [5.41, 5.74) is 0.568. The minimum atomic E-state index is -0.497. The largest absolute Gasteiger partial charge is 0.487 e. The number of carbonyl (C=O) groups excluding carboxylic acids is 1. The number of rotatable bonds is 7. The van der Waals surface area contributed by atoms with E-state index in [2.05, 4.69) is 10.1 Å². The van der Waals surface area contributed by atoms with Gasteiger partial charge in [-0.1, -0.05) is 0 Å². The van der Waals surface area contributed by atoms with Crippen LogP contribution in [0, 0.1) is 10.1 Å². The highest BCUT2D eigenvalue weighted by Crippen LogP contribution is 2.29. The van der Waals surface area contributed by atoms with Crippen molar-refractivity contribution in [1.82, 2.24) is 0 Å². The Kier molecular flexibility index (Phi) is 5.59. The third kappa shape index (κ3) is 4.46. The van der Waals surface area contributed by atoms with Crippen molar-refractivity contribution >= 4 is 17.3 Å². The summed E-state index contributed by atoms with van der Waals surface area (Å²) in [5.74, 6) is -0.116. The fourth-order valence-electron chi connectivity index (χ4n) is 1.46. The third-order valence-electron chi connectivity index (χ3n) is 2.34. The molecular weight excluding hydrogens is 252 g/mol. The van der Waals surface area contributed by atoms with E-state index in [4.69, 9.17) is 4.74 Å². The number of hydrogen-bond donors (Lipinski definition) is 1. The molecule has 0 radical (unpaired) electrons. The second-order valence-corrected chi connectivity index (χ2v) is 3.63. The van der Waals surface area contributed by atoms with Gasteiger partial charge in [0.05, 0.1) is 25.1 Å². The summed E-state index contributed by atoms with van der Waals surface area (Å²) in [4.78, 5) is 21.2. The average Bonchev–Trinajstić information content (AvgIpc) is 2.38. The van der Waals surface area contributed by atoms with E-state index in [1.807, 2.05) is 0 Å². The summed E-state index contributed by atoms with van der Waals surface area (Å²) in [6, 6.07) is 4.47. The zero-order chi connectivity index (χ0) is 14.3. The number of nitro groups is 1. The van der Waals surface area contributed by atoms with Crippen LogP contribution in [0.25, 0.3) is 0 Å². The number of methoxy groups -OCH3 is 1. The van der Waals surface area contributed by atoms with Gasteiger partial charge in [0.1, 0.15) is 0 Å². The Morgan fingerprint density at radius 2 is 2.21 bits per heavy atom. The van der Waals surface area contributed by atoms with Gasteiger partial charge in [-0.05, 0) is 13.0 Å². The highest BCUT2D eigenvalue weighted by Gasteiger charge is 2.15. The summed E-state index contributed by atoms with van der Waals surface area (Å²) in [6.07, 6.45) is 0.220. The first-order chi connectivity index (χ1) is 9.08. The topological polar surface area (TPSA) is 90.7 Å². The van der Waals surface area contributed by atoms with Crippen molar-refractivity contribution in [2.75, 3.05) is 25.6 Å². The van der Waals surface area contributed by atoms with Crippen LogP contribution in [0.1, 0.15) is 13.3 Å². The lowest BCUT2D eigenvalue weighted by molar-refractivity contribution is -0.385. The summed E-state index contributed by atoms with van der Waals surface area (Å²) in [7, 11) is 1.32.